The van der Waals surface area contributed by atoms with E-state index in [9.17, 15) is 9.59 Å². The number of esters is 1. The summed E-state index contributed by atoms with van der Waals surface area (Å²) >= 11 is 0. The van der Waals surface area contributed by atoms with E-state index in [1.807, 2.05) is 48.5 Å². The van der Waals surface area contributed by atoms with Gasteiger partial charge in [0.25, 0.3) is 5.91 Å². The number of hydrogen-bond donors (Lipinski definition) is 1. The number of ether oxygens (including phenoxy) is 2. The van der Waals surface area contributed by atoms with E-state index in [0.29, 0.717) is 30.1 Å². The molecule has 1 aromatic heterocycles. The van der Waals surface area contributed by atoms with Crippen LogP contribution in [0, 0.1) is 0 Å². The highest BCUT2D eigenvalue weighted by molar-refractivity contribution is 5.98. The molecule has 2 aromatic carbocycles. The van der Waals surface area contributed by atoms with Gasteiger partial charge in [-0.15, -0.1) is 0 Å². The lowest BCUT2D eigenvalue weighted by Gasteiger charge is -2.13. The van der Waals surface area contributed by atoms with Crippen LogP contribution in [0.15, 0.2) is 60.8 Å². The highest BCUT2D eigenvalue weighted by Gasteiger charge is 2.25. The number of methoxy groups -OCH3 is 1. The van der Waals surface area contributed by atoms with E-state index in [4.69, 9.17) is 9.47 Å². The molecule has 7 heteroatoms. The number of hydrogen-bond acceptors (Lipinski definition) is 5. The Morgan fingerprint density at radius 1 is 1.10 bits per heavy atom. The molecule has 0 bridgehead atoms. The lowest BCUT2D eigenvalue weighted by atomic mass is 10.1. The molecule has 1 N–H and O–H groups in total. The molecule has 0 aliphatic carbocycles. The topological polar surface area (TPSA) is 82.5 Å². The third kappa shape index (κ3) is 4.86. The van der Waals surface area contributed by atoms with Crippen LogP contribution in [0.5, 0.6) is 5.75 Å². The maximum Gasteiger partial charge on any atom is 0.342 e. The molecule has 0 unspecified atom stereocenters. The molecule has 0 aliphatic heterocycles. The van der Waals surface area contributed by atoms with Crippen molar-refractivity contribution >= 4 is 11.9 Å². The van der Waals surface area contributed by atoms with Crippen molar-refractivity contribution in [3.8, 4) is 17.0 Å². The average molecular weight is 407 g/mol. The number of rotatable bonds is 8. The van der Waals surface area contributed by atoms with E-state index in [1.165, 1.54) is 0 Å². The first kappa shape index (κ1) is 21.1. The van der Waals surface area contributed by atoms with Crippen molar-refractivity contribution in [3.63, 3.8) is 0 Å². The van der Waals surface area contributed by atoms with Gasteiger partial charge < -0.3 is 14.8 Å². The largest absolute Gasteiger partial charge is 0.496 e. The van der Waals surface area contributed by atoms with E-state index in [1.54, 1.807) is 37.9 Å². The summed E-state index contributed by atoms with van der Waals surface area (Å²) in [7, 11) is 1.56. The molecule has 1 atom stereocenters. The zero-order chi connectivity index (χ0) is 21.5. The van der Waals surface area contributed by atoms with Gasteiger partial charge in [0.2, 0.25) is 0 Å². The van der Waals surface area contributed by atoms with Crippen molar-refractivity contribution in [2.45, 2.75) is 26.5 Å². The summed E-state index contributed by atoms with van der Waals surface area (Å²) in [5, 5.41) is 7.28. The van der Waals surface area contributed by atoms with Gasteiger partial charge in [0.05, 0.1) is 13.7 Å². The molecule has 1 heterocycles. The Labute approximate surface area is 175 Å². The quantitative estimate of drug-likeness (QED) is 0.580. The van der Waals surface area contributed by atoms with Crippen LogP contribution in [0.1, 0.15) is 29.8 Å². The fraction of sp³-hybridized carbons (Fsp3) is 0.261. The van der Waals surface area contributed by atoms with E-state index in [-0.39, 0.29) is 11.5 Å². The summed E-state index contributed by atoms with van der Waals surface area (Å²) in [5.41, 5.74) is 2.43. The smallest absolute Gasteiger partial charge is 0.342 e. The predicted molar refractivity (Wildman–Crippen MR) is 113 cm³/mol. The second-order valence-electron chi connectivity index (χ2n) is 6.72. The van der Waals surface area contributed by atoms with Gasteiger partial charge in [-0.3, -0.25) is 9.48 Å². The van der Waals surface area contributed by atoms with Gasteiger partial charge in [0.1, 0.15) is 17.0 Å². The minimum absolute atomic E-state index is 0.270. The van der Waals surface area contributed by atoms with Crippen molar-refractivity contribution in [1.29, 1.82) is 0 Å². The van der Waals surface area contributed by atoms with Gasteiger partial charge in [-0.1, -0.05) is 42.5 Å². The van der Waals surface area contributed by atoms with Gasteiger partial charge in [-0.2, -0.15) is 5.10 Å². The van der Waals surface area contributed by atoms with Gasteiger partial charge in [-0.05, 0) is 31.5 Å². The number of amides is 1. The van der Waals surface area contributed by atoms with Crippen LogP contribution in [0.3, 0.4) is 0 Å². The van der Waals surface area contributed by atoms with Crippen LogP contribution in [0.25, 0.3) is 11.3 Å². The standard InChI is InChI=1S/C23H25N3O4/c1-4-24-22(27)16(2)30-23(28)19-15-26(14-17-10-6-5-7-11-17)25-21(19)18-12-8-9-13-20(18)29-3/h5-13,15-16H,4,14H2,1-3H3,(H,24,27)/t16-/m1/s1. The van der Waals surface area contributed by atoms with Crippen molar-refractivity contribution in [3.05, 3.63) is 71.9 Å². The van der Waals surface area contributed by atoms with Crippen LogP contribution >= 0.6 is 0 Å². The summed E-state index contributed by atoms with van der Waals surface area (Å²) in [5.74, 6) is -0.372. The molecule has 0 radical (unpaired) electrons. The van der Waals surface area contributed by atoms with Crippen LogP contribution in [0.4, 0.5) is 0 Å². The third-order valence-electron chi connectivity index (χ3n) is 4.54. The first-order valence-electron chi connectivity index (χ1n) is 9.77. The summed E-state index contributed by atoms with van der Waals surface area (Å²) in [4.78, 5) is 24.9. The summed E-state index contributed by atoms with van der Waals surface area (Å²) in [6, 6.07) is 17.1. The van der Waals surface area contributed by atoms with E-state index >= 15 is 0 Å². The zero-order valence-electron chi connectivity index (χ0n) is 17.3. The fourth-order valence-electron chi connectivity index (χ4n) is 3.06. The van der Waals surface area contributed by atoms with Crippen molar-refractivity contribution < 1.29 is 19.1 Å². The molecule has 1 amide bonds. The van der Waals surface area contributed by atoms with Crippen LogP contribution in [0.2, 0.25) is 0 Å². The fourth-order valence-corrected chi connectivity index (χ4v) is 3.06. The van der Waals surface area contributed by atoms with Crippen molar-refractivity contribution in [2.75, 3.05) is 13.7 Å². The molecule has 3 aromatic rings. The molecule has 30 heavy (non-hydrogen) atoms. The first-order valence-corrected chi connectivity index (χ1v) is 9.77. The van der Waals surface area contributed by atoms with Gasteiger partial charge >= 0.3 is 5.97 Å². The molecule has 7 nitrogen and oxygen atoms in total. The SMILES string of the molecule is CCNC(=O)[C@@H](C)OC(=O)c1cn(Cc2ccccc2)nc1-c1ccccc1OC. The minimum Gasteiger partial charge on any atom is -0.496 e. The maximum absolute atomic E-state index is 12.9. The molecule has 0 saturated carbocycles. The second-order valence-corrected chi connectivity index (χ2v) is 6.72. The van der Waals surface area contributed by atoms with E-state index < -0.39 is 12.1 Å². The molecule has 156 valence electrons. The predicted octanol–water partition coefficient (Wildman–Crippen LogP) is 3.29. The van der Waals surface area contributed by atoms with E-state index in [0.717, 1.165) is 5.56 Å². The first-order chi connectivity index (χ1) is 14.5. The highest BCUT2D eigenvalue weighted by atomic mass is 16.5. The average Bonchev–Trinajstić information content (AvgIpc) is 3.18. The number of carbonyl (C=O) groups excluding carboxylic acids is 2. The molecule has 3 rings (SSSR count). The molecule has 0 spiro atoms. The van der Waals surface area contributed by atoms with Crippen LogP contribution in [-0.4, -0.2) is 41.4 Å². The number of nitrogens with zero attached hydrogens (tertiary/aromatic N) is 2. The molecular formula is C23H25N3O4. The minimum atomic E-state index is -0.916. The Bertz CT molecular complexity index is 1010. The normalized spacial score (nSPS) is 11.6. The maximum atomic E-state index is 12.9. The molecule has 0 fully saturated rings. The number of carbonyl (C=O) groups is 2. The van der Waals surface area contributed by atoms with E-state index in [2.05, 4.69) is 10.4 Å². The van der Waals surface area contributed by atoms with Crippen molar-refractivity contribution in [2.24, 2.45) is 0 Å². The number of nitrogens with one attached hydrogen (secondary N) is 1. The lowest BCUT2D eigenvalue weighted by molar-refractivity contribution is -0.128. The Morgan fingerprint density at radius 3 is 2.50 bits per heavy atom. The van der Waals surface area contributed by atoms with Gasteiger partial charge in [0, 0.05) is 18.3 Å². The second kappa shape index (κ2) is 9.73. The number of para-hydroxylation sites is 1. The van der Waals surface area contributed by atoms with Gasteiger partial charge in [-0.25, -0.2) is 4.79 Å². The lowest BCUT2D eigenvalue weighted by Crippen LogP contribution is -2.35. The Balaban J connectivity index is 1.97. The third-order valence-corrected chi connectivity index (χ3v) is 4.54. The summed E-state index contributed by atoms with van der Waals surface area (Å²) < 4.78 is 12.5. The number of likely N-dealkylation sites (N-methyl/N-ethyl adjacent to an activating group) is 1. The molecule has 0 saturated heterocycles. The highest BCUT2D eigenvalue weighted by Crippen LogP contribution is 2.31. The van der Waals surface area contributed by atoms with Crippen LogP contribution in [-0.2, 0) is 16.1 Å². The van der Waals surface area contributed by atoms with Crippen molar-refractivity contribution in [1.82, 2.24) is 15.1 Å². The molecular weight excluding hydrogens is 382 g/mol. The number of benzene rings is 2. The Hall–Kier alpha value is -3.61. The Morgan fingerprint density at radius 2 is 1.80 bits per heavy atom. The summed E-state index contributed by atoms with van der Waals surface area (Å²) in [6.07, 6.45) is 0.724. The van der Waals surface area contributed by atoms with Gasteiger partial charge in [0.15, 0.2) is 6.10 Å². The zero-order valence-corrected chi connectivity index (χ0v) is 17.3. The summed E-state index contributed by atoms with van der Waals surface area (Å²) in [6.45, 7) is 4.30. The number of aromatic nitrogens is 2. The monoisotopic (exact) mass is 407 g/mol. The van der Waals surface area contributed by atoms with Crippen LogP contribution < -0.4 is 10.1 Å². The molecule has 0 aliphatic rings. The Kier molecular flexibility index (Phi) is 6.85.